The van der Waals surface area contributed by atoms with E-state index in [9.17, 15) is 14.4 Å². The molecular formula is C60H106O6. The molecule has 0 unspecified atom stereocenters. The van der Waals surface area contributed by atoms with Crippen LogP contribution in [0.5, 0.6) is 0 Å². The summed E-state index contributed by atoms with van der Waals surface area (Å²) in [7, 11) is 0. The summed E-state index contributed by atoms with van der Waals surface area (Å²) in [5, 5.41) is 0. The van der Waals surface area contributed by atoms with Gasteiger partial charge in [-0.2, -0.15) is 0 Å². The normalized spacial score (nSPS) is 12.5. The second-order valence-electron chi connectivity index (χ2n) is 18.8. The van der Waals surface area contributed by atoms with Crippen LogP contribution in [-0.2, 0) is 28.6 Å². The van der Waals surface area contributed by atoms with Crippen LogP contribution in [0.1, 0.15) is 284 Å². The zero-order valence-corrected chi connectivity index (χ0v) is 43.7. The molecule has 0 aromatic carbocycles. The molecule has 6 nitrogen and oxygen atoms in total. The van der Waals surface area contributed by atoms with E-state index in [1.54, 1.807) is 0 Å². The summed E-state index contributed by atoms with van der Waals surface area (Å²) in [5.74, 6) is -0.902. The molecule has 1 atom stereocenters. The lowest BCUT2D eigenvalue weighted by molar-refractivity contribution is -0.167. The van der Waals surface area contributed by atoms with Crippen LogP contribution in [-0.4, -0.2) is 37.2 Å². The average Bonchev–Trinajstić information content (AvgIpc) is 3.31. The Morgan fingerprint density at radius 2 is 0.545 bits per heavy atom. The van der Waals surface area contributed by atoms with Gasteiger partial charge < -0.3 is 14.2 Å². The first-order valence-electron chi connectivity index (χ1n) is 28.3. The lowest BCUT2D eigenvalue weighted by Crippen LogP contribution is -2.30. The molecular weight excluding hydrogens is 817 g/mol. The Labute approximate surface area is 409 Å². The summed E-state index contributed by atoms with van der Waals surface area (Å²) < 4.78 is 16.8. The molecule has 66 heavy (non-hydrogen) atoms. The summed E-state index contributed by atoms with van der Waals surface area (Å²) in [4.78, 5) is 38.1. The lowest BCUT2D eigenvalue weighted by Gasteiger charge is -2.18. The van der Waals surface area contributed by atoms with Crippen LogP contribution in [0.2, 0.25) is 0 Å². The highest BCUT2D eigenvalue weighted by molar-refractivity contribution is 5.71. The molecule has 0 bridgehead atoms. The zero-order chi connectivity index (χ0) is 47.9. The van der Waals surface area contributed by atoms with Gasteiger partial charge >= 0.3 is 17.9 Å². The van der Waals surface area contributed by atoms with Crippen molar-refractivity contribution in [2.45, 2.75) is 290 Å². The maximum atomic E-state index is 12.8. The van der Waals surface area contributed by atoms with E-state index < -0.39 is 6.10 Å². The van der Waals surface area contributed by atoms with Crippen molar-refractivity contribution in [2.24, 2.45) is 0 Å². The number of allylic oxidation sites excluding steroid dienone is 10. The molecule has 0 aliphatic rings. The molecule has 0 heterocycles. The third-order valence-electron chi connectivity index (χ3n) is 12.2. The molecule has 0 aliphatic carbocycles. The minimum atomic E-state index is -0.786. The van der Waals surface area contributed by atoms with Gasteiger partial charge in [0, 0.05) is 19.3 Å². The fraction of sp³-hybridized carbons (Fsp3) is 0.783. The Kier molecular flexibility index (Phi) is 52.3. The molecule has 0 aliphatic heterocycles. The zero-order valence-electron chi connectivity index (χ0n) is 43.7. The lowest BCUT2D eigenvalue weighted by atomic mass is 10.1. The van der Waals surface area contributed by atoms with Crippen LogP contribution in [0, 0.1) is 0 Å². The first-order chi connectivity index (χ1) is 32.5. The Morgan fingerprint density at radius 3 is 0.879 bits per heavy atom. The van der Waals surface area contributed by atoms with Crippen LogP contribution in [0.4, 0.5) is 0 Å². The Hall–Kier alpha value is -2.89. The molecule has 0 N–H and O–H groups in total. The number of esters is 3. The first kappa shape index (κ1) is 63.1. The molecule has 0 aromatic rings. The van der Waals surface area contributed by atoms with E-state index in [4.69, 9.17) is 14.2 Å². The van der Waals surface area contributed by atoms with Gasteiger partial charge in [0.2, 0.25) is 0 Å². The summed E-state index contributed by atoms with van der Waals surface area (Å²) in [5.41, 5.74) is 0. The predicted octanol–water partition coefficient (Wildman–Crippen LogP) is 18.8. The largest absolute Gasteiger partial charge is 0.462 e. The van der Waals surface area contributed by atoms with Gasteiger partial charge in [0.1, 0.15) is 13.2 Å². The van der Waals surface area contributed by atoms with E-state index in [0.29, 0.717) is 19.3 Å². The van der Waals surface area contributed by atoms with Crippen LogP contribution in [0.3, 0.4) is 0 Å². The molecule has 0 saturated carbocycles. The summed E-state index contributed by atoms with van der Waals surface area (Å²) >= 11 is 0. The summed E-state index contributed by atoms with van der Waals surface area (Å²) in [6.45, 7) is 6.58. The van der Waals surface area contributed by atoms with E-state index in [1.165, 1.54) is 148 Å². The molecule has 0 fully saturated rings. The van der Waals surface area contributed by atoms with E-state index in [-0.39, 0.29) is 31.1 Å². The second kappa shape index (κ2) is 54.7. The Bertz CT molecular complexity index is 1200. The van der Waals surface area contributed by atoms with Crippen LogP contribution in [0.25, 0.3) is 0 Å². The number of carbonyl (C=O) groups is 3. The SMILES string of the molecule is CCCCC/C=C\C/C=C\CCCCCCCCCCCC(=O)OC[C@@H](COC(=O)CCCCCCC/C=C\CCCCCCC)OC(=O)CCCCCCC/C=C\C/C=C\CCCCC. The number of rotatable bonds is 51. The molecule has 382 valence electrons. The number of carbonyl (C=O) groups excluding carboxylic acids is 3. The molecule has 0 aromatic heterocycles. The van der Waals surface area contributed by atoms with Gasteiger partial charge in [-0.05, 0) is 109 Å². The van der Waals surface area contributed by atoms with E-state index >= 15 is 0 Å². The standard InChI is InChI=1S/C60H106O6/c1-4-7-10-13-16-19-22-25-28-29-30-31-33-35-38-41-44-47-50-53-59(62)65-56-57(55-64-58(61)52-49-46-43-40-37-34-27-24-21-18-15-12-9-6-3)66-60(63)54-51-48-45-42-39-36-32-26-23-20-17-14-11-8-5-2/h16-17,19-20,24-28,32,57H,4-15,18,21-23,29-31,33-56H2,1-3H3/b19-16-,20-17-,27-24-,28-25-,32-26-/t57-/m1/s1. The highest BCUT2D eigenvalue weighted by atomic mass is 16.6. The maximum absolute atomic E-state index is 12.8. The van der Waals surface area contributed by atoms with Crippen molar-refractivity contribution in [3.8, 4) is 0 Å². The molecule has 0 spiro atoms. The molecule has 0 saturated heterocycles. The van der Waals surface area contributed by atoms with Crippen LogP contribution >= 0.6 is 0 Å². The molecule has 6 heteroatoms. The van der Waals surface area contributed by atoms with Gasteiger partial charge in [0.25, 0.3) is 0 Å². The minimum Gasteiger partial charge on any atom is -0.462 e. The Balaban J connectivity index is 4.39. The van der Waals surface area contributed by atoms with Crippen molar-refractivity contribution in [3.63, 3.8) is 0 Å². The van der Waals surface area contributed by atoms with E-state index in [0.717, 1.165) is 96.3 Å². The van der Waals surface area contributed by atoms with E-state index in [2.05, 4.69) is 81.5 Å². The van der Waals surface area contributed by atoms with Gasteiger partial charge in [-0.3, -0.25) is 14.4 Å². The topological polar surface area (TPSA) is 78.9 Å². The first-order valence-corrected chi connectivity index (χ1v) is 28.3. The smallest absolute Gasteiger partial charge is 0.306 e. The summed E-state index contributed by atoms with van der Waals surface area (Å²) in [6, 6.07) is 0. The van der Waals surface area contributed by atoms with Gasteiger partial charge in [-0.25, -0.2) is 0 Å². The highest BCUT2D eigenvalue weighted by Crippen LogP contribution is 2.15. The monoisotopic (exact) mass is 923 g/mol. The fourth-order valence-corrected chi connectivity index (χ4v) is 7.91. The minimum absolute atomic E-state index is 0.0840. The van der Waals surface area contributed by atoms with Crippen LogP contribution < -0.4 is 0 Å². The molecule has 0 rings (SSSR count). The Morgan fingerprint density at radius 1 is 0.303 bits per heavy atom. The fourth-order valence-electron chi connectivity index (χ4n) is 7.91. The van der Waals surface area contributed by atoms with Gasteiger partial charge in [0.15, 0.2) is 6.10 Å². The van der Waals surface area contributed by atoms with Crippen molar-refractivity contribution in [3.05, 3.63) is 60.8 Å². The van der Waals surface area contributed by atoms with Crippen LogP contribution in [0.15, 0.2) is 60.8 Å². The van der Waals surface area contributed by atoms with Crippen molar-refractivity contribution in [2.75, 3.05) is 13.2 Å². The number of unbranched alkanes of at least 4 members (excludes halogenated alkanes) is 30. The van der Waals surface area contributed by atoms with Crippen molar-refractivity contribution in [1.82, 2.24) is 0 Å². The molecule has 0 radical (unpaired) electrons. The quantitative estimate of drug-likeness (QED) is 0.0262. The van der Waals surface area contributed by atoms with Crippen molar-refractivity contribution in [1.29, 1.82) is 0 Å². The molecule has 0 amide bonds. The predicted molar refractivity (Wildman–Crippen MR) is 284 cm³/mol. The number of hydrogen-bond acceptors (Lipinski definition) is 6. The number of hydrogen-bond donors (Lipinski definition) is 0. The third kappa shape index (κ3) is 52.1. The van der Waals surface area contributed by atoms with Crippen molar-refractivity contribution >= 4 is 17.9 Å². The van der Waals surface area contributed by atoms with Gasteiger partial charge in [-0.15, -0.1) is 0 Å². The van der Waals surface area contributed by atoms with Gasteiger partial charge in [-0.1, -0.05) is 216 Å². The van der Waals surface area contributed by atoms with Gasteiger partial charge in [0.05, 0.1) is 0 Å². The average molecular weight is 924 g/mol. The second-order valence-corrected chi connectivity index (χ2v) is 18.8. The summed E-state index contributed by atoms with van der Waals surface area (Å²) in [6.07, 6.45) is 67.7. The van der Waals surface area contributed by atoms with E-state index in [1.807, 2.05) is 0 Å². The number of ether oxygens (including phenoxy) is 3. The van der Waals surface area contributed by atoms with Crippen molar-refractivity contribution < 1.29 is 28.6 Å². The highest BCUT2D eigenvalue weighted by Gasteiger charge is 2.19. The third-order valence-corrected chi connectivity index (χ3v) is 12.2. The maximum Gasteiger partial charge on any atom is 0.306 e.